The van der Waals surface area contributed by atoms with Gasteiger partial charge in [-0.15, -0.1) is 0 Å². The molecule has 6 heteroatoms. The molecule has 0 saturated heterocycles. The number of rotatable bonds is 5. The molecule has 0 aliphatic rings. The van der Waals surface area contributed by atoms with Crippen LogP contribution in [0.3, 0.4) is 0 Å². The van der Waals surface area contributed by atoms with Crippen LogP contribution < -0.4 is 0 Å². The van der Waals surface area contributed by atoms with Gasteiger partial charge in [0.2, 0.25) is 0 Å². The highest BCUT2D eigenvalue weighted by Gasteiger charge is 2.21. The molecule has 0 heterocycles. The van der Waals surface area contributed by atoms with E-state index in [1.807, 2.05) is 0 Å². The van der Waals surface area contributed by atoms with Crippen molar-refractivity contribution in [2.45, 2.75) is 26.1 Å². The molecule has 0 spiro atoms. The van der Waals surface area contributed by atoms with E-state index >= 15 is 0 Å². The van der Waals surface area contributed by atoms with Crippen molar-refractivity contribution in [3.63, 3.8) is 0 Å². The molecule has 102 valence electrons. The van der Waals surface area contributed by atoms with E-state index in [1.54, 1.807) is 13.8 Å². The second-order valence-electron chi connectivity index (χ2n) is 3.48. The van der Waals surface area contributed by atoms with Crippen LogP contribution in [0.5, 0.6) is 0 Å². The van der Waals surface area contributed by atoms with Gasteiger partial charge < -0.3 is 18.9 Å². The molecule has 0 radical (unpaired) electrons. The van der Waals surface area contributed by atoms with Crippen LogP contribution in [0.4, 0.5) is 9.59 Å². The third-order valence-corrected chi connectivity index (χ3v) is 2.27. The van der Waals surface area contributed by atoms with Crippen LogP contribution in [0.2, 0.25) is 0 Å². The number of ether oxygens (including phenoxy) is 4. The standard InChI is InChI=1S/C12H18O6/c1-7(9(3)17-11(13)15-5)8(2)10(4)18-12(14)16-6/h9-10H,1-2H2,3-6H3. The lowest BCUT2D eigenvalue weighted by Crippen LogP contribution is -2.23. The molecule has 0 aromatic carbocycles. The minimum atomic E-state index is -0.821. The van der Waals surface area contributed by atoms with Gasteiger partial charge >= 0.3 is 12.3 Å². The molecule has 0 aromatic heterocycles. The molecular weight excluding hydrogens is 240 g/mol. The first-order valence-electron chi connectivity index (χ1n) is 5.20. The lowest BCUT2D eigenvalue weighted by atomic mass is 10.0. The average molecular weight is 258 g/mol. The van der Waals surface area contributed by atoms with Crippen molar-refractivity contribution in [1.29, 1.82) is 0 Å². The summed E-state index contributed by atoms with van der Waals surface area (Å²) in [5.41, 5.74) is 0.855. The average Bonchev–Trinajstić information content (AvgIpc) is 2.36. The Bertz CT molecular complexity index is 312. The van der Waals surface area contributed by atoms with E-state index in [1.165, 1.54) is 14.2 Å². The number of hydrogen-bond acceptors (Lipinski definition) is 6. The zero-order valence-corrected chi connectivity index (χ0v) is 11.0. The number of carbonyl (C=O) groups excluding carboxylic acids is 2. The van der Waals surface area contributed by atoms with E-state index < -0.39 is 24.5 Å². The van der Waals surface area contributed by atoms with Crippen molar-refractivity contribution >= 4 is 12.3 Å². The van der Waals surface area contributed by atoms with Crippen molar-refractivity contribution in [2.24, 2.45) is 0 Å². The van der Waals surface area contributed by atoms with E-state index in [-0.39, 0.29) is 0 Å². The lowest BCUT2D eigenvalue weighted by Gasteiger charge is -2.21. The maximum Gasteiger partial charge on any atom is 0.508 e. The molecule has 0 N–H and O–H groups in total. The molecular formula is C12H18O6. The molecule has 18 heavy (non-hydrogen) atoms. The van der Waals surface area contributed by atoms with Crippen molar-refractivity contribution in [1.82, 2.24) is 0 Å². The van der Waals surface area contributed by atoms with Gasteiger partial charge in [0.05, 0.1) is 14.2 Å². The fourth-order valence-electron chi connectivity index (χ4n) is 1.05. The minimum absolute atomic E-state index is 0.428. The molecule has 0 fully saturated rings. The van der Waals surface area contributed by atoms with Gasteiger partial charge in [-0.25, -0.2) is 9.59 Å². The molecule has 0 rings (SSSR count). The summed E-state index contributed by atoms with van der Waals surface area (Å²) in [6.07, 6.45) is -2.90. The Morgan fingerprint density at radius 3 is 1.33 bits per heavy atom. The molecule has 0 aromatic rings. The summed E-state index contributed by atoms with van der Waals surface area (Å²) in [4.78, 5) is 21.8. The van der Waals surface area contributed by atoms with Crippen LogP contribution in [-0.4, -0.2) is 38.7 Å². The van der Waals surface area contributed by atoms with Crippen LogP contribution in [0.15, 0.2) is 24.3 Å². The minimum Gasteiger partial charge on any atom is -0.438 e. The Kier molecular flexibility index (Phi) is 6.56. The van der Waals surface area contributed by atoms with Gasteiger partial charge in [0, 0.05) is 0 Å². The lowest BCUT2D eigenvalue weighted by molar-refractivity contribution is 0.0465. The van der Waals surface area contributed by atoms with E-state index in [9.17, 15) is 9.59 Å². The van der Waals surface area contributed by atoms with Crippen LogP contribution in [0.25, 0.3) is 0 Å². The summed E-state index contributed by atoms with van der Waals surface area (Å²) < 4.78 is 18.5. The second-order valence-corrected chi connectivity index (χ2v) is 3.48. The summed E-state index contributed by atoms with van der Waals surface area (Å²) in [5, 5.41) is 0. The quantitative estimate of drug-likeness (QED) is 0.557. The van der Waals surface area contributed by atoms with E-state index in [0.717, 1.165) is 0 Å². The van der Waals surface area contributed by atoms with Gasteiger partial charge in [0.25, 0.3) is 0 Å². The van der Waals surface area contributed by atoms with Gasteiger partial charge in [0.15, 0.2) is 0 Å². The Balaban J connectivity index is 4.45. The summed E-state index contributed by atoms with van der Waals surface area (Å²) in [6.45, 7) is 10.7. The maximum atomic E-state index is 10.9. The summed E-state index contributed by atoms with van der Waals surface area (Å²) in [5.74, 6) is 0. The van der Waals surface area contributed by atoms with E-state index in [4.69, 9.17) is 9.47 Å². The summed E-state index contributed by atoms with van der Waals surface area (Å²) in [7, 11) is 2.41. The van der Waals surface area contributed by atoms with Crippen molar-refractivity contribution < 1.29 is 28.5 Å². The fraction of sp³-hybridized carbons (Fsp3) is 0.500. The Morgan fingerprint density at radius 1 is 0.833 bits per heavy atom. The smallest absolute Gasteiger partial charge is 0.438 e. The van der Waals surface area contributed by atoms with Crippen LogP contribution in [0, 0.1) is 0 Å². The summed E-state index contributed by atoms with van der Waals surface area (Å²) >= 11 is 0. The Labute approximate surface area is 106 Å². The number of carbonyl (C=O) groups is 2. The van der Waals surface area contributed by atoms with Crippen molar-refractivity contribution in [3.05, 3.63) is 24.3 Å². The highest BCUT2D eigenvalue weighted by atomic mass is 16.7. The monoisotopic (exact) mass is 258 g/mol. The first-order chi connectivity index (χ1) is 8.33. The van der Waals surface area contributed by atoms with Crippen molar-refractivity contribution in [3.8, 4) is 0 Å². The van der Waals surface area contributed by atoms with Gasteiger partial charge in [-0.3, -0.25) is 0 Å². The zero-order chi connectivity index (χ0) is 14.3. The Morgan fingerprint density at radius 2 is 1.11 bits per heavy atom. The highest BCUT2D eigenvalue weighted by Crippen LogP contribution is 2.19. The topological polar surface area (TPSA) is 71.1 Å². The third kappa shape index (κ3) is 4.90. The number of hydrogen-bond donors (Lipinski definition) is 0. The Hall–Kier alpha value is -1.98. The fourth-order valence-corrected chi connectivity index (χ4v) is 1.05. The predicted octanol–water partition coefficient (Wildman–Crippen LogP) is 2.44. The third-order valence-electron chi connectivity index (χ3n) is 2.27. The second kappa shape index (κ2) is 7.37. The summed E-state index contributed by atoms with van der Waals surface area (Å²) in [6, 6.07) is 0. The predicted molar refractivity (Wildman–Crippen MR) is 64.2 cm³/mol. The molecule has 0 bridgehead atoms. The highest BCUT2D eigenvalue weighted by molar-refractivity contribution is 5.61. The molecule has 0 saturated carbocycles. The zero-order valence-electron chi connectivity index (χ0n) is 11.0. The van der Waals surface area contributed by atoms with Gasteiger partial charge in [-0.1, -0.05) is 13.2 Å². The van der Waals surface area contributed by atoms with Gasteiger partial charge in [-0.2, -0.15) is 0 Å². The molecule has 2 unspecified atom stereocenters. The largest absolute Gasteiger partial charge is 0.508 e. The first kappa shape index (κ1) is 16.0. The first-order valence-corrected chi connectivity index (χ1v) is 5.20. The van der Waals surface area contributed by atoms with Gasteiger partial charge in [0.1, 0.15) is 12.2 Å². The van der Waals surface area contributed by atoms with Gasteiger partial charge in [-0.05, 0) is 25.0 Å². The molecule has 6 nitrogen and oxygen atoms in total. The normalized spacial score (nSPS) is 12.9. The van der Waals surface area contributed by atoms with Crippen molar-refractivity contribution in [2.75, 3.05) is 14.2 Å². The van der Waals surface area contributed by atoms with E-state index in [2.05, 4.69) is 22.6 Å². The number of methoxy groups -OCH3 is 2. The molecule has 0 aliphatic carbocycles. The molecule has 0 aliphatic heterocycles. The maximum absolute atomic E-state index is 10.9. The molecule has 2 atom stereocenters. The van der Waals surface area contributed by atoms with Crippen LogP contribution in [-0.2, 0) is 18.9 Å². The van der Waals surface area contributed by atoms with Crippen LogP contribution in [0.1, 0.15) is 13.8 Å². The molecule has 0 amide bonds. The van der Waals surface area contributed by atoms with E-state index in [0.29, 0.717) is 11.1 Å². The van der Waals surface area contributed by atoms with Crippen LogP contribution >= 0.6 is 0 Å². The SMILES string of the molecule is C=C(C(=C)C(C)OC(=O)OC)C(C)OC(=O)OC.